The zero-order chi connectivity index (χ0) is 17.6. The molecule has 6 nitrogen and oxygen atoms in total. The molecule has 2 amide bonds. The fourth-order valence-corrected chi connectivity index (χ4v) is 3.38. The van der Waals surface area contributed by atoms with E-state index in [0.29, 0.717) is 32.7 Å². The average Bonchev–Trinajstić information content (AvgIpc) is 2.64. The number of amides is 2. The van der Waals surface area contributed by atoms with E-state index in [2.05, 4.69) is 16.0 Å². The highest BCUT2D eigenvalue weighted by Crippen LogP contribution is 2.20. The molecule has 0 bridgehead atoms. The predicted molar refractivity (Wildman–Crippen MR) is 96.3 cm³/mol. The van der Waals surface area contributed by atoms with Gasteiger partial charge in [-0.3, -0.25) is 9.59 Å². The van der Waals surface area contributed by atoms with E-state index in [1.54, 1.807) is 0 Å². The molecule has 6 heteroatoms. The molecule has 3 rings (SSSR count). The second-order valence-electron chi connectivity index (χ2n) is 7.04. The quantitative estimate of drug-likeness (QED) is 0.772. The summed E-state index contributed by atoms with van der Waals surface area (Å²) in [5, 5.41) is 9.30. The van der Waals surface area contributed by atoms with Crippen molar-refractivity contribution >= 4 is 17.5 Å². The first kappa shape index (κ1) is 17.9. The molecule has 0 saturated carbocycles. The van der Waals surface area contributed by atoms with Crippen molar-refractivity contribution in [2.45, 2.75) is 32.2 Å². The Morgan fingerprint density at radius 1 is 1.04 bits per heavy atom. The number of carbonyl (C=O) groups excluding carboxylic acids is 2. The number of aryl methyl sites for hydroxylation is 1. The van der Waals surface area contributed by atoms with Gasteiger partial charge in [-0.05, 0) is 38.3 Å². The van der Waals surface area contributed by atoms with Crippen LogP contribution in [0.3, 0.4) is 0 Å². The molecule has 2 saturated heterocycles. The second-order valence-corrected chi connectivity index (χ2v) is 7.04. The Labute approximate surface area is 148 Å². The molecule has 25 heavy (non-hydrogen) atoms. The number of benzene rings is 1. The minimum Gasteiger partial charge on any atom is -0.381 e. The third-order valence-electron chi connectivity index (χ3n) is 4.98. The number of ether oxygens (including phenoxy) is 1. The lowest BCUT2D eigenvalue weighted by Crippen LogP contribution is -2.49. The number of nitrogens with one attached hydrogen (secondary N) is 3. The summed E-state index contributed by atoms with van der Waals surface area (Å²) in [5.41, 5.74) is 1.95. The maximum absolute atomic E-state index is 12.5. The maximum Gasteiger partial charge on any atom is 0.228 e. The first-order valence-electron chi connectivity index (χ1n) is 9.08. The van der Waals surface area contributed by atoms with Crippen LogP contribution in [-0.4, -0.2) is 44.2 Å². The number of anilines is 1. The molecule has 136 valence electrons. The van der Waals surface area contributed by atoms with Crippen LogP contribution in [0.1, 0.15) is 24.8 Å². The number of piperidine rings is 1. The molecule has 0 spiro atoms. The molecule has 1 aromatic carbocycles. The maximum atomic E-state index is 12.5. The van der Waals surface area contributed by atoms with E-state index in [1.807, 2.05) is 31.2 Å². The molecule has 0 radical (unpaired) electrons. The summed E-state index contributed by atoms with van der Waals surface area (Å²) >= 11 is 0. The molecule has 0 aromatic heterocycles. The normalized spacial score (nSPS) is 24.5. The Morgan fingerprint density at radius 3 is 2.36 bits per heavy atom. The van der Waals surface area contributed by atoms with Crippen LogP contribution < -0.4 is 16.0 Å². The molecule has 0 aliphatic carbocycles. The third-order valence-corrected chi connectivity index (χ3v) is 4.98. The van der Waals surface area contributed by atoms with Gasteiger partial charge in [0, 0.05) is 38.0 Å². The Kier molecular flexibility index (Phi) is 6.04. The fourth-order valence-electron chi connectivity index (χ4n) is 3.38. The second kappa shape index (κ2) is 8.45. The van der Waals surface area contributed by atoms with Gasteiger partial charge in [-0.2, -0.15) is 0 Å². The summed E-state index contributed by atoms with van der Waals surface area (Å²) in [6.07, 6.45) is 2.31. The fraction of sp³-hybridized carbons (Fsp3) is 0.579. The third kappa shape index (κ3) is 5.03. The minimum atomic E-state index is -0.194. The molecule has 2 atom stereocenters. The smallest absolute Gasteiger partial charge is 0.228 e. The summed E-state index contributed by atoms with van der Waals surface area (Å²) < 4.78 is 5.32. The summed E-state index contributed by atoms with van der Waals surface area (Å²) in [6.45, 7) is 4.66. The number of carbonyl (C=O) groups is 2. The van der Waals surface area contributed by atoms with Crippen molar-refractivity contribution in [3.8, 4) is 0 Å². The minimum absolute atomic E-state index is 0.0279. The first-order chi connectivity index (χ1) is 12.1. The molecule has 2 fully saturated rings. The van der Waals surface area contributed by atoms with Gasteiger partial charge in [-0.15, -0.1) is 0 Å². The Morgan fingerprint density at radius 2 is 1.68 bits per heavy atom. The van der Waals surface area contributed by atoms with Gasteiger partial charge in [0.2, 0.25) is 11.8 Å². The standard InChI is InChI=1S/C19H27N3O3/c1-13-2-4-16(5-3-13)21-18(23)14-10-15(12-20-11-14)19(24)22-17-6-8-25-9-7-17/h2-5,14-15,17,20H,6-12H2,1H3,(H,21,23)(H,22,24). The van der Waals surface area contributed by atoms with Crippen LogP contribution in [0.4, 0.5) is 5.69 Å². The van der Waals surface area contributed by atoms with Crippen molar-refractivity contribution in [3.63, 3.8) is 0 Å². The van der Waals surface area contributed by atoms with Crippen molar-refractivity contribution in [3.05, 3.63) is 29.8 Å². The summed E-state index contributed by atoms with van der Waals surface area (Å²) in [6, 6.07) is 7.94. The van der Waals surface area contributed by atoms with Gasteiger partial charge in [-0.25, -0.2) is 0 Å². The van der Waals surface area contributed by atoms with Crippen LogP contribution in [-0.2, 0) is 14.3 Å². The summed E-state index contributed by atoms with van der Waals surface area (Å²) in [4.78, 5) is 25.0. The molecule has 2 aliphatic heterocycles. The van der Waals surface area contributed by atoms with E-state index in [0.717, 1.165) is 24.1 Å². The highest BCUT2D eigenvalue weighted by atomic mass is 16.5. The van der Waals surface area contributed by atoms with Crippen molar-refractivity contribution in [2.24, 2.45) is 11.8 Å². The highest BCUT2D eigenvalue weighted by Gasteiger charge is 2.32. The lowest BCUT2D eigenvalue weighted by molar-refractivity contribution is -0.128. The number of hydrogen-bond acceptors (Lipinski definition) is 4. The van der Waals surface area contributed by atoms with Gasteiger partial charge in [-0.1, -0.05) is 17.7 Å². The van der Waals surface area contributed by atoms with Crippen LogP contribution in [0.25, 0.3) is 0 Å². The monoisotopic (exact) mass is 345 g/mol. The summed E-state index contributed by atoms with van der Waals surface area (Å²) in [7, 11) is 0. The average molecular weight is 345 g/mol. The van der Waals surface area contributed by atoms with Crippen LogP contribution in [0, 0.1) is 18.8 Å². The Bertz CT molecular complexity index is 596. The number of hydrogen-bond donors (Lipinski definition) is 3. The van der Waals surface area contributed by atoms with E-state index in [9.17, 15) is 9.59 Å². The van der Waals surface area contributed by atoms with Crippen molar-refractivity contribution < 1.29 is 14.3 Å². The van der Waals surface area contributed by atoms with Crippen molar-refractivity contribution in [1.82, 2.24) is 10.6 Å². The lowest BCUT2D eigenvalue weighted by Gasteiger charge is -2.31. The molecule has 3 N–H and O–H groups in total. The predicted octanol–water partition coefficient (Wildman–Crippen LogP) is 1.45. The van der Waals surface area contributed by atoms with Gasteiger partial charge in [0.15, 0.2) is 0 Å². The van der Waals surface area contributed by atoms with Gasteiger partial charge in [0.25, 0.3) is 0 Å². The molecule has 2 aliphatic rings. The van der Waals surface area contributed by atoms with Gasteiger partial charge >= 0.3 is 0 Å². The van der Waals surface area contributed by atoms with E-state index < -0.39 is 0 Å². The largest absolute Gasteiger partial charge is 0.381 e. The SMILES string of the molecule is Cc1ccc(NC(=O)C2CNCC(C(=O)NC3CCOCC3)C2)cc1. The van der Waals surface area contributed by atoms with Crippen LogP contribution in [0.5, 0.6) is 0 Å². The molecule has 1 aromatic rings. The van der Waals surface area contributed by atoms with Crippen LogP contribution in [0.15, 0.2) is 24.3 Å². The van der Waals surface area contributed by atoms with Gasteiger partial charge < -0.3 is 20.7 Å². The Balaban J connectivity index is 1.52. The summed E-state index contributed by atoms with van der Waals surface area (Å²) in [5.74, 6) is -0.335. The molecular formula is C19H27N3O3. The van der Waals surface area contributed by atoms with E-state index >= 15 is 0 Å². The van der Waals surface area contributed by atoms with Crippen molar-refractivity contribution in [2.75, 3.05) is 31.6 Å². The number of rotatable bonds is 4. The Hall–Kier alpha value is -1.92. The molecule has 2 unspecified atom stereocenters. The molecule has 2 heterocycles. The van der Waals surface area contributed by atoms with Gasteiger partial charge in [0.05, 0.1) is 11.8 Å². The molecular weight excluding hydrogens is 318 g/mol. The van der Waals surface area contributed by atoms with E-state index in [4.69, 9.17) is 4.74 Å². The zero-order valence-corrected chi connectivity index (χ0v) is 14.7. The van der Waals surface area contributed by atoms with Crippen LogP contribution in [0.2, 0.25) is 0 Å². The van der Waals surface area contributed by atoms with Gasteiger partial charge in [0.1, 0.15) is 0 Å². The van der Waals surface area contributed by atoms with Crippen molar-refractivity contribution in [1.29, 1.82) is 0 Å². The lowest BCUT2D eigenvalue weighted by atomic mass is 9.88. The van der Waals surface area contributed by atoms with E-state index in [1.165, 1.54) is 0 Å². The topological polar surface area (TPSA) is 79.5 Å². The zero-order valence-electron chi connectivity index (χ0n) is 14.7. The van der Waals surface area contributed by atoms with Crippen LogP contribution >= 0.6 is 0 Å². The highest BCUT2D eigenvalue weighted by molar-refractivity contribution is 5.93. The first-order valence-corrected chi connectivity index (χ1v) is 9.08. The van der Waals surface area contributed by atoms with E-state index in [-0.39, 0.29) is 29.7 Å².